The summed E-state index contributed by atoms with van der Waals surface area (Å²) in [6.07, 6.45) is 0. The lowest BCUT2D eigenvalue weighted by molar-refractivity contribution is 1.13. The highest BCUT2D eigenvalue weighted by atomic mass is 15.1. The molecule has 0 saturated heterocycles. The number of hydrogen-bond acceptors (Lipinski definition) is 5. The molecule has 2 aromatic heterocycles. The molecule has 2 heterocycles. The van der Waals surface area contributed by atoms with Gasteiger partial charge in [-0.3, -0.25) is 0 Å². The topological polar surface area (TPSA) is 76.7 Å². The summed E-state index contributed by atoms with van der Waals surface area (Å²) in [5.41, 5.74) is 12.2. The lowest BCUT2D eigenvalue weighted by atomic mass is 9.95. The van der Waals surface area contributed by atoms with E-state index in [0.717, 1.165) is 29.0 Å². The summed E-state index contributed by atoms with van der Waals surface area (Å²) in [5.74, 6) is 0.961. The van der Waals surface area contributed by atoms with Crippen molar-refractivity contribution in [2.45, 2.75) is 27.7 Å². The lowest BCUT2D eigenvalue weighted by Gasteiger charge is -2.13. The number of benzene rings is 1. The van der Waals surface area contributed by atoms with E-state index in [1.807, 2.05) is 19.1 Å². The van der Waals surface area contributed by atoms with Gasteiger partial charge in [0.25, 0.3) is 0 Å². The molecular weight excluding hydrogens is 286 g/mol. The van der Waals surface area contributed by atoms with Crippen LogP contribution >= 0.6 is 0 Å². The second kappa shape index (κ2) is 5.83. The van der Waals surface area contributed by atoms with Crippen LogP contribution < -0.4 is 11.1 Å². The van der Waals surface area contributed by atoms with E-state index >= 15 is 0 Å². The van der Waals surface area contributed by atoms with Gasteiger partial charge in [0, 0.05) is 12.1 Å². The van der Waals surface area contributed by atoms with Gasteiger partial charge in [0.2, 0.25) is 5.95 Å². The third-order valence-electron chi connectivity index (χ3n) is 4.12. The first-order valence-corrected chi connectivity index (χ1v) is 7.76. The zero-order valence-corrected chi connectivity index (χ0v) is 13.9. The van der Waals surface area contributed by atoms with E-state index in [2.05, 4.69) is 48.2 Å². The fraction of sp³-hybridized carbons (Fsp3) is 0.278. The van der Waals surface area contributed by atoms with Crippen molar-refractivity contribution >= 4 is 22.8 Å². The second-order valence-electron chi connectivity index (χ2n) is 5.73. The predicted octanol–water partition coefficient (Wildman–Crippen LogP) is 3.63. The molecule has 0 saturated carbocycles. The van der Waals surface area contributed by atoms with Gasteiger partial charge in [0.05, 0.1) is 11.1 Å². The molecule has 0 fully saturated rings. The Morgan fingerprint density at radius 2 is 1.70 bits per heavy atom. The minimum Gasteiger partial charge on any atom is -0.370 e. The van der Waals surface area contributed by atoms with Gasteiger partial charge < -0.3 is 11.1 Å². The van der Waals surface area contributed by atoms with Crippen molar-refractivity contribution in [2.75, 3.05) is 17.6 Å². The van der Waals surface area contributed by atoms with E-state index in [0.29, 0.717) is 5.65 Å². The number of aromatic nitrogens is 3. The van der Waals surface area contributed by atoms with Crippen LogP contribution in [0.5, 0.6) is 0 Å². The Morgan fingerprint density at radius 3 is 2.43 bits per heavy atom. The fourth-order valence-corrected chi connectivity index (χ4v) is 2.81. The highest BCUT2D eigenvalue weighted by Crippen LogP contribution is 2.30. The zero-order valence-electron chi connectivity index (χ0n) is 13.9. The number of rotatable bonds is 3. The molecule has 0 unspecified atom stereocenters. The van der Waals surface area contributed by atoms with Crippen LogP contribution in [0.1, 0.15) is 23.6 Å². The average Bonchev–Trinajstić information content (AvgIpc) is 2.51. The minimum absolute atomic E-state index is 0.232. The van der Waals surface area contributed by atoms with Crippen LogP contribution in [0, 0.1) is 20.8 Å². The van der Waals surface area contributed by atoms with Gasteiger partial charge in [-0.25, -0.2) is 4.98 Å². The third-order valence-corrected chi connectivity index (χ3v) is 4.12. The number of nitrogens with two attached hydrogens (primary N) is 1. The predicted molar refractivity (Wildman–Crippen MR) is 95.6 cm³/mol. The Labute approximate surface area is 136 Å². The van der Waals surface area contributed by atoms with Crippen LogP contribution in [-0.4, -0.2) is 21.5 Å². The average molecular weight is 307 g/mol. The monoisotopic (exact) mass is 307 g/mol. The van der Waals surface area contributed by atoms with E-state index < -0.39 is 0 Å². The van der Waals surface area contributed by atoms with E-state index in [4.69, 9.17) is 10.7 Å². The summed E-state index contributed by atoms with van der Waals surface area (Å²) in [7, 11) is 0. The SMILES string of the molecule is CCNc1nc(N)nc2nc(-c3c(C)ccc(C)c3C)ccc12. The molecule has 3 N–H and O–H groups in total. The number of hydrogen-bond donors (Lipinski definition) is 2. The Hall–Kier alpha value is -2.69. The maximum Gasteiger partial charge on any atom is 0.224 e. The molecule has 0 amide bonds. The van der Waals surface area contributed by atoms with Crippen LogP contribution in [0.2, 0.25) is 0 Å². The highest BCUT2D eigenvalue weighted by molar-refractivity contribution is 5.89. The van der Waals surface area contributed by atoms with Crippen molar-refractivity contribution < 1.29 is 0 Å². The Bertz CT molecular complexity index is 886. The molecule has 0 radical (unpaired) electrons. The minimum atomic E-state index is 0.232. The summed E-state index contributed by atoms with van der Waals surface area (Å²) in [4.78, 5) is 13.3. The Kier molecular flexibility index (Phi) is 3.86. The molecule has 0 spiro atoms. The first-order valence-electron chi connectivity index (χ1n) is 7.76. The Morgan fingerprint density at radius 1 is 0.957 bits per heavy atom. The van der Waals surface area contributed by atoms with Crippen molar-refractivity contribution in [3.8, 4) is 11.3 Å². The normalized spacial score (nSPS) is 11.0. The quantitative estimate of drug-likeness (QED) is 0.772. The molecule has 0 aliphatic carbocycles. The molecule has 3 aromatic rings. The summed E-state index contributed by atoms with van der Waals surface area (Å²) >= 11 is 0. The molecule has 0 bridgehead atoms. The van der Waals surface area contributed by atoms with Gasteiger partial charge >= 0.3 is 0 Å². The number of fused-ring (bicyclic) bond motifs is 1. The zero-order chi connectivity index (χ0) is 16.6. The summed E-state index contributed by atoms with van der Waals surface area (Å²) in [5, 5.41) is 4.09. The van der Waals surface area contributed by atoms with Crippen molar-refractivity contribution in [2.24, 2.45) is 0 Å². The lowest BCUT2D eigenvalue weighted by Crippen LogP contribution is -2.05. The van der Waals surface area contributed by atoms with E-state index in [9.17, 15) is 0 Å². The molecule has 3 rings (SSSR count). The van der Waals surface area contributed by atoms with Crippen molar-refractivity contribution in [3.63, 3.8) is 0 Å². The number of anilines is 2. The summed E-state index contributed by atoms with van der Waals surface area (Å²) in [6, 6.07) is 8.30. The molecule has 0 aliphatic heterocycles. The molecule has 1 aromatic carbocycles. The van der Waals surface area contributed by atoms with Gasteiger partial charge in [0.1, 0.15) is 5.82 Å². The Balaban J connectivity index is 2.24. The van der Waals surface area contributed by atoms with Crippen LogP contribution in [-0.2, 0) is 0 Å². The van der Waals surface area contributed by atoms with E-state index in [1.54, 1.807) is 0 Å². The van der Waals surface area contributed by atoms with Gasteiger partial charge in [-0.1, -0.05) is 12.1 Å². The molecule has 5 heteroatoms. The number of nitrogens with zero attached hydrogens (tertiary/aromatic N) is 3. The maximum atomic E-state index is 5.83. The molecule has 5 nitrogen and oxygen atoms in total. The third kappa shape index (κ3) is 2.70. The van der Waals surface area contributed by atoms with Crippen molar-refractivity contribution in [1.29, 1.82) is 0 Å². The standard InChI is InChI=1S/C18H21N5/c1-5-20-16-13-8-9-14(21-17(13)23-18(19)22-16)15-11(3)7-6-10(2)12(15)4/h6-9H,5H2,1-4H3,(H3,19,20,21,22,23). The van der Waals surface area contributed by atoms with Crippen LogP contribution in [0.3, 0.4) is 0 Å². The smallest absolute Gasteiger partial charge is 0.224 e. The number of aryl methyl sites for hydroxylation is 2. The van der Waals surface area contributed by atoms with E-state index in [-0.39, 0.29) is 5.95 Å². The number of nitrogens with one attached hydrogen (secondary N) is 1. The molecule has 0 atom stereocenters. The van der Waals surface area contributed by atoms with Crippen molar-refractivity contribution in [1.82, 2.24) is 15.0 Å². The first kappa shape index (κ1) is 15.2. The second-order valence-corrected chi connectivity index (χ2v) is 5.73. The molecule has 0 aliphatic rings. The van der Waals surface area contributed by atoms with Crippen LogP contribution in [0.15, 0.2) is 24.3 Å². The molecule has 23 heavy (non-hydrogen) atoms. The number of nitrogen functional groups attached to an aromatic ring is 1. The molecular formula is C18H21N5. The molecule has 118 valence electrons. The largest absolute Gasteiger partial charge is 0.370 e. The fourth-order valence-electron chi connectivity index (χ4n) is 2.81. The highest BCUT2D eigenvalue weighted by Gasteiger charge is 2.12. The summed E-state index contributed by atoms with van der Waals surface area (Å²) in [6.45, 7) is 9.13. The summed E-state index contributed by atoms with van der Waals surface area (Å²) < 4.78 is 0. The van der Waals surface area contributed by atoms with Gasteiger partial charge in [0.15, 0.2) is 5.65 Å². The van der Waals surface area contributed by atoms with Crippen LogP contribution in [0.25, 0.3) is 22.3 Å². The first-order chi connectivity index (χ1) is 11.0. The van der Waals surface area contributed by atoms with Gasteiger partial charge in [-0.2, -0.15) is 9.97 Å². The number of pyridine rings is 1. The van der Waals surface area contributed by atoms with Gasteiger partial charge in [-0.05, 0) is 56.5 Å². The van der Waals surface area contributed by atoms with E-state index in [1.165, 1.54) is 16.7 Å². The van der Waals surface area contributed by atoms with Crippen LogP contribution in [0.4, 0.5) is 11.8 Å². The maximum absolute atomic E-state index is 5.83. The van der Waals surface area contributed by atoms with Gasteiger partial charge in [-0.15, -0.1) is 0 Å². The van der Waals surface area contributed by atoms with Crippen molar-refractivity contribution in [3.05, 3.63) is 41.0 Å².